The second-order valence-electron chi connectivity index (χ2n) is 7.24. The summed E-state index contributed by atoms with van der Waals surface area (Å²) in [4.78, 5) is 36.3. The molecule has 1 aliphatic rings. The lowest BCUT2D eigenvalue weighted by atomic mass is 10.1. The van der Waals surface area contributed by atoms with Gasteiger partial charge in [0.2, 0.25) is 0 Å². The number of nitrogens with zero attached hydrogens (tertiary/aromatic N) is 3. The molecule has 3 rings (SSSR count). The van der Waals surface area contributed by atoms with Crippen molar-refractivity contribution in [3.05, 3.63) is 87.5 Å². The number of rotatable bonds is 6. The first kappa shape index (κ1) is 24.4. The highest BCUT2D eigenvalue weighted by Gasteiger charge is 2.17. The van der Waals surface area contributed by atoms with Crippen LogP contribution < -0.4 is 10.6 Å². The molecular weight excluding hydrogens is 506 g/mol. The van der Waals surface area contributed by atoms with Gasteiger partial charge in [-0.2, -0.15) is 0 Å². The Morgan fingerprint density at radius 1 is 1.21 bits per heavy atom. The first-order chi connectivity index (χ1) is 15.8. The highest BCUT2D eigenvalue weighted by atomic mass is 79.9. The number of nitrogens with one attached hydrogen (secondary N) is 2. The van der Waals surface area contributed by atoms with Gasteiger partial charge >= 0.3 is 0 Å². The molecule has 2 amide bonds. The lowest BCUT2D eigenvalue weighted by molar-refractivity contribution is 0.0977. The standard InChI is InChI=1S/C24H23BrClN5O2/c1-4-19(26)14-28-15(2)29-24(33)20-13-18(25)9-10-21(20)30-23(32)17-7-5-16(6-8-17)22-27-11-12-31(22)3/h4-10,13-14H,1,11-12H2,2-3H3,(H,30,32)(H,28,29,33)/b19-14+. The molecule has 1 aliphatic heterocycles. The van der Waals surface area contributed by atoms with Crippen molar-refractivity contribution in [3.8, 4) is 0 Å². The molecule has 0 saturated carbocycles. The third-order valence-electron chi connectivity index (χ3n) is 4.81. The van der Waals surface area contributed by atoms with E-state index in [2.05, 4.69) is 48.0 Å². The van der Waals surface area contributed by atoms with E-state index in [0.29, 0.717) is 26.6 Å². The molecule has 0 unspecified atom stereocenters. The Morgan fingerprint density at radius 2 is 1.94 bits per heavy atom. The molecule has 0 saturated heterocycles. The number of carbonyl (C=O) groups is 2. The molecule has 7 nitrogen and oxygen atoms in total. The average Bonchev–Trinajstić information content (AvgIpc) is 3.24. The number of halogens is 2. The normalized spacial score (nSPS) is 14.1. The van der Waals surface area contributed by atoms with Gasteiger partial charge in [-0.3, -0.25) is 14.6 Å². The van der Waals surface area contributed by atoms with Gasteiger partial charge in [0.15, 0.2) is 0 Å². The second kappa shape index (κ2) is 11.1. The fourth-order valence-electron chi connectivity index (χ4n) is 3.10. The number of benzene rings is 2. The van der Waals surface area contributed by atoms with Crippen molar-refractivity contribution < 1.29 is 9.59 Å². The van der Waals surface area contributed by atoms with Crippen molar-refractivity contribution in [2.75, 3.05) is 25.5 Å². The minimum absolute atomic E-state index is 0.282. The summed E-state index contributed by atoms with van der Waals surface area (Å²) in [7, 11) is 1.99. The molecule has 2 N–H and O–H groups in total. The monoisotopic (exact) mass is 527 g/mol. The van der Waals surface area contributed by atoms with Crippen LogP contribution in [-0.4, -0.2) is 48.5 Å². The number of hydrogen-bond donors (Lipinski definition) is 2. The third-order valence-corrected chi connectivity index (χ3v) is 5.55. The summed E-state index contributed by atoms with van der Waals surface area (Å²) in [5.41, 5.74) is 2.08. The second-order valence-corrected chi connectivity index (χ2v) is 8.59. The quantitative estimate of drug-likeness (QED) is 0.321. The summed E-state index contributed by atoms with van der Waals surface area (Å²) in [6.07, 6.45) is 2.82. The predicted octanol–water partition coefficient (Wildman–Crippen LogP) is 4.81. The Labute approximate surface area is 206 Å². The molecule has 0 atom stereocenters. The van der Waals surface area contributed by atoms with Gasteiger partial charge < -0.3 is 15.5 Å². The molecule has 0 bridgehead atoms. The molecule has 9 heteroatoms. The number of allylic oxidation sites excluding steroid dienone is 2. The van der Waals surface area contributed by atoms with Gasteiger partial charge in [-0.1, -0.05) is 46.2 Å². The Morgan fingerprint density at radius 3 is 2.58 bits per heavy atom. The van der Waals surface area contributed by atoms with E-state index in [1.165, 1.54) is 12.3 Å². The number of amides is 2. The fourth-order valence-corrected chi connectivity index (χ4v) is 3.51. The molecule has 1 heterocycles. The zero-order valence-corrected chi connectivity index (χ0v) is 20.6. The van der Waals surface area contributed by atoms with E-state index in [-0.39, 0.29) is 11.5 Å². The Kier molecular flexibility index (Phi) is 8.19. The molecule has 0 fully saturated rings. The van der Waals surface area contributed by atoms with Crippen molar-refractivity contribution in [1.82, 2.24) is 10.2 Å². The highest BCUT2D eigenvalue weighted by molar-refractivity contribution is 9.10. The van der Waals surface area contributed by atoms with Crippen LogP contribution in [0.1, 0.15) is 33.2 Å². The van der Waals surface area contributed by atoms with E-state index in [4.69, 9.17) is 11.6 Å². The highest BCUT2D eigenvalue weighted by Crippen LogP contribution is 2.22. The van der Waals surface area contributed by atoms with E-state index in [9.17, 15) is 9.59 Å². The van der Waals surface area contributed by atoms with Gasteiger partial charge in [0.25, 0.3) is 11.8 Å². The molecular formula is C24H23BrClN5O2. The van der Waals surface area contributed by atoms with Crippen LogP contribution in [0, 0.1) is 0 Å². The maximum absolute atomic E-state index is 12.9. The number of hydrogen-bond acceptors (Lipinski definition) is 5. The maximum atomic E-state index is 12.9. The van der Waals surface area contributed by atoms with Crippen LogP contribution in [-0.2, 0) is 0 Å². The maximum Gasteiger partial charge on any atom is 0.258 e. The molecule has 33 heavy (non-hydrogen) atoms. The van der Waals surface area contributed by atoms with Gasteiger partial charge in [-0.05, 0) is 43.3 Å². The summed E-state index contributed by atoms with van der Waals surface area (Å²) in [5.74, 6) is 0.502. The zero-order valence-electron chi connectivity index (χ0n) is 18.2. The van der Waals surface area contributed by atoms with E-state index in [0.717, 1.165) is 24.5 Å². The fraction of sp³-hybridized carbons (Fsp3) is 0.167. The van der Waals surface area contributed by atoms with Crippen molar-refractivity contribution >= 4 is 56.7 Å². The Hall–Kier alpha value is -3.23. The van der Waals surface area contributed by atoms with Crippen LogP contribution in [0.2, 0.25) is 0 Å². The molecule has 0 aromatic heterocycles. The van der Waals surface area contributed by atoms with Gasteiger partial charge in [0.05, 0.1) is 22.8 Å². The van der Waals surface area contributed by atoms with Gasteiger partial charge in [-0.25, -0.2) is 4.99 Å². The summed E-state index contributed by atoms with van der Waals surface area (Å²) in [6, 6.07) is 12.3. The lowest BCUT2D eigenvalue weighted by Gasteiger charge is -2.14. The molecule has 170 valence electrons. The minimum Gasteiger partial charge on any atom is -0.358 e. The Balaban J connectivity index is 1.76. The number of anilines is 1. The summed E-state index contributed by atoms with van der Waals surface area (Å²) in [6.45, 7) is 6.82. The average molecular weight is 529 g/mol. The van der Waals surface area contributed by atoms with Crippen molar-refractivity contribution in [2.45, 2.75) is 6.92 Å². The number of likely N-dealkylation sites (N-methyl/N-ethyl adjacent to an activating group) is 1. The van der Waals surface area contributed by atoms with E-state index in [1.54, 1.807) is 37.3 Å². The largest absolute Gasteiger partial charge is 0.358 e. The number of aliphatic imine (C=N–C) groups is 2. The molecule has 2 aromatic rings. The van der Waals surface area contributed by atoms with Crippen LogP contribution in [0.4, 0.5) is 5.69 Å². The molecule has 2 aromatic carbocycles. The smallest absolute Gasteiger partial charge is 0.258 e. The van der Waals surface area contributed by atoms with Crippen LogP contribution in [0.5, 0.6) is 0 Å². The lowest BCUT2D eigenvalue weighted by Crippen LogP contribution is -2.29. The van der Waals surface area contributed by atoms with Gasteiger partial charge in [0.1, 0.15) is 11.7 Å². The number of amidine groups is 2. The van der Waals surface area contributed by atoms with Crippen LogP contribution >= 0.6 is 27.5 Å². The van der Waals surface area contributed by atoms with E-state index in [1.807, 2.05) is 19.2 Å². The van der Waals surface area contributed by atoms with Crippen molar-refractivity contribution in [1.29, 1.82) is 0 Å². The molecule has 0 spiro atoms. The van der Waals surface area contributed by atoms with Crippen LogP contribution in [0.15, 0.2) is 80.8 Å². The van der Waals surface area contributed by atoms with Gasteiger partial charge in [0, 0.05) is 35.4 Å². The van der Waals surface area contributed by atoms with Crippen LogP contribution in [0.25, 0.3) is 0 Å². The zero-order chi connectivity index (χ0) is 24.0. The molecule has 0 radical (unpaired) electrons. The SMILES string of the molecule is C=C/C(Cl)=C\N=C(C)NC(=O)c1cc(Br)ccc1NC(=O)c1ccc(C2=NCCN2C)cc1. The van der Waals surface area contributed by atoms with Crippen molar-refractivity contribution in [2.24, 2.45) is 9.98 Å². The minimum atomic E-state index is -0.423. The predicted molar refractivity (Wildman–Crippen MR) is 137 cm³/mol. The van der Waals surface area contributed by atoms with Gasteiger partial charge in [-0.15, -0.1) is 0 Å². The van der Waals surface area contributed by atoms with E-state index < -0.39 is 5.91 Å². The van der Waals surface area contributed by atoms with Crippen molar-refractivity contribution in [3.63, 3.8) is 0 Å². The van der Waals surface area contributed by atoms with E-state index >= 15 is 0 Å². The topological polar surface area (TPSA) is 86.2 Å². The molecule has 0 aliphatic carbocycles. The number of carbonyl (C=O) groups excluding carboxylic acids is 2. The summed E-state index contributed by atoms with van der Waals surface area (Å²) in [5, 5.41) is 5.84. The summed E-state index contributed by atoms with van der Waals surface area (Å²) >= 11 is 9.21. The Bertz CT molecular complexity index is 1170. The first-order valence-corrected chi connectivity index (χ1v) is 11.3. The first-order valence-electron chi connectivity index (χ1n) is 10.1. The van der Waals surface area contributed by atoms with Crippen LogP contribution in [0.3, 0.4) is 0 Å². The third kappa shape index (κ3) is 6.40. The summed E-state index contributed by atoms with van der Waals surface area (Å²) < 4.78 is 0.695.